The zero-order valence-corrected chi connectivity index (χ0v) is 14.6. The number of alkyl carbamates (subject to hydrolysis) is 1. The molecule has 3 rings (SSSR count). The second-order valence-electron chi connectivity index (χ2n) is 6.04. The summed E-state index contributed by atoms with van der Waals surface area (Å²) >= 11 is 0. The number of fused-ring (bicyclic) bond motifs is 1. The van der Waals surface area contributed by atoms with Crippen molar-refractivity contribution in [3.8, 4) is 0 Å². The summed E-state index contributed by atoms with van der Waals surface area (Å²) in [4.78, 5) is 21.2. The van der Waals surface area contributed by atoms with E-state index in [-0.39, 0.29) is 12.1 Å². The molecule has 0 aromatic heterocycles. The van der Waals surface area contributed by atoms with Crippen LogP contribution >= 0.6 is 0 Å². The van der Waals surface area contributed by atoms with Gasteiger partial charge >= 0.3 is 6.09 Å². The molecule has 1 amide bonds. The Balaban J connectivity index is 0.000000399. The highest BCUT2D eigenvalue weighted by Gasteiger charge is 2.22. The van der Waals surface area contributed by atoms with Crippen molar-refractivity contribution in [1.29, 1.82) is 0 Å². The van der Waals surface area contributed by atoms with Gasteiger partial charge in [-0.15, -0.1) is 0 Å². The highest BCUT2D eigenvalue weighted by atomic mass is 16.5. The van der Waals surface area contributed by atoms with Crippen LogP contribution in [0.25, 0.3) is 0 Å². The third-order valence-electron chi connectivity index (χ3n) is 3.99. The number of ether oxygens (including phenoxy) is 1. The summed E-state index contributed by atoms with van der Waals surface area (Å²) < 4.78 is 5.24. The number of aldehydes is 1. The molecule has 0 atom stereocenters. The monoisotopic (exact) mass is 339 g/mol. The highest BCUT2D eigenvalue weighted by molar-refractivity contribution is 5.68. The molecule has 0 fully saturated rings. The molecular weight excluding hydrogens is 314 g/mol. The fourth-order valence-corrected chi connectivity index (χ4v) is 2.71. The summed E-state index contributed by atoms with van der Waals surface area (Å²) in [5, 5.41) is 2.93. The Morgan fingerprint density at radius 1 is 1.08 bits per heavy atom. The smallest absolute Gasteiger partial charge is 0.407 e. The Morgan fingerprint density at radius 2 is 1.68 bits per heavy atom. The van der Waals surface area contributed by atoms with Crippen molar-refractivity contribution < 1.29 is 14.3 Å². The lowest BCUT2D eigenvalue weighted by atomic mass is 10.1. The summed E-state index contributed by atoms with van der Waals surface area (Å²) in [6.07, 6.45) is 4.04. The number of benzene rings is 2. The first-order chi connectivity index (χ1) is 12.2. The van der Waals surface area contributed by atoms with Crippen molar-refractivity contribution in [1.82, 2.24) is 5.32 Å². The zero-order valence-electron chi connectivity index (χ0n) is 14.6. The molecule has 0 radical (unpaired) electrons. The minimum Gasteiger partial charge on any atom is -0.445 e. The van der Waals surface area contributed by atoms with Gasteiger partial charge in [0.25, 0.3) is 0 Å². The molecule has 0 spiro atoms. The van der Waals surface area contributed by atoms with Crippen LogP contribution in [0.15, 0.2) is 54.6 Å². The van der Waals surface area contributed by atoms with Gasteiger partial charge in [0.15, 0.2) is 0 Å². The topological polar surface area (TPSA) is 55.4 Å². The van der Waals surface area contributed by atoms with Crippen molar-refractivity contribution in [2.24, 2.45) is 0 Å². The molecule has 0 unspecified atom stereocenters. The van der Waals surface area contributed by atoms with Crippen LogP contribution in [0.5, 0.6) is 0 Å². The Morgan fingerprint density at radius 3 is 2.20 bits per heavy atom. The Kier molecular flexibility index (Phi) is 7.70. The van der Waals surface area contributed by atoms with E-state index in [0.717, 1.165) is 31.1 Å². The van der Waals surface area contributed by atoms with Crippen molar-refractivity contribution in [3.05, 3.63) is 71.3 Å². The molecule has 1 aliphatic carbocycles. The van der Waals surface area contributed by atoms with E-state index in [1.54, 1.807) is 0 Å². The molecular formula is C21H25NO3. The second-order valence-corrected chi connectivity index (χ2v) is 6.04. The number of carbonyl (C=O) groups excluding carboxylic acids is 2. The Labute approximate surface area is 149 Å². The van der Waals surface area contributed by atoms with Gasteiger partial charge in [-0.3, -0.25) is 0 Å². The van der Waals surface area contributed by atoms with Crippen molar-refractivity contribution in [2.75, 3.05) is 0 Å². The minimum atomic E-state index is -0.341. The molecule has 2 aromatic rings. The lowest BCUT2D eigenvalue weighted by molar-refractivity contribution is -0.107. The number of hydrogen-bond acceptors (Lipinski definition) is 3. The number of nitrogens with one attached hydrogen (secondary N) is 1. The van der Waals surface area contributed by atoms with Gasteiger partial charge in [0.1, 0.15) is 12.9 Å². The summed E-state index contributed by atoms with van der Waals surface area (Å²) in [7, 11) is 0. The molecule has 0 saturated heterocycles. The average Bonchev–Trinajstić information content (AvgIpc) is 3.04. The third kappa shape index (κ3) is 6.42. The summed E-state index contributed by atoms with van der Waals surface area (Å²) in [5.41, 5.74) is 3.64. The maximum Gasteiger partial charge on any atom is 0.407 e. The Hall–Kier alpha value is -2.62. The summed E-state index contributed by atoms with van der Waals surface area (Å²) in [6.45, 7) is 2.29. The zero-order chi connectivity index (χ0) is 17.9. The molecule has 1 N–H and O–H groups in total. The van der Waals surface area contributed by atoms with E-state index in [9.17, 15) is 9.59 Å². The molecule has 0 bridgehead atoms. The number of rotatable bonds is 5. The van der Waals surface area contributed by atoms with Crippen molar-refractivity contribution in [3.63, 3.8) is 0 Å². The predicted molar refractivity (Wildman–Crippen MR) is 98.4 cm³/mol. The van der Waals surface area contributed by atoms with E-state index in [1.165, 1.54) is 11.1 Å². The van der Waals surface area contributed by atoms with Crippen LogP contribution in [0.4, 0.5) is 4.79 Å². The largest absolute Gasteiger partial charge is 0.445 e. The summed E-state index contributed by atoms with van der Waals surface area (Å²) in [6, 6.07) is 18.2. The van der Waals surface area contributed by atoms with E-state index in [0.29, 0.717) is 13.0 Å². The van der Waals surface area contributed by atoms with Crippen LogP contribution < -0.4 is 5.32 Å². The lowest BCUT2D eigenvalue weighted by Crippen LogP contribution is -2.35. The highest BCUT2D eigenvalue weighted by Crippen LogP contribution is 2.21. The maximum atomic E-state index is 11.8. The molecule has 132 valence electrons. The fourth-order valence-electron chi connectivity index (χ4n) is 2.71. The van der Waals surface area contributed by atoms with E-state index < -0.39 is 0 Å². The van der Waals surface area contributed by atoms with Gasteiger partial charge in [-0.25, -0.2) is 4.79 Å². The van der Waals surface area contributed by atoms with Gasteiger partial charge in [-0.2, -0.15) is 0 Å². The number of carbonyl (C=O) groups is 2. The number of hydrogen-bond donors (Lipinski definition) is 1. The second kappa shape index (κ2) is 10.3. The molecule has 0 aliphatic heterocycles. The van der Waals surface area contributed by atoms with E-state index in [1.807, 2.05) is 49.4 Å². The molecule has 4 heteroatoms. The first-order valence-corrected chi connectivity index (χ1v) is 8.70. The van der Waals surface area contributed by atoms with Crippen molar-refractivity contribution >= 4 is 12.4 Å². The third-order valence-corrected chi connectivity index (χ3v) is 3.99. The van der Waals surface area contributed by atoms with E-state index in [4.69, 9.17) is 4.74 Å². The van der Waals surface area contributed by atoms with Crippen LogP contribution in [0.2, 0.25) is 0 Å². The SMILES string of the molecule is CCCC=O.O=C(NC1Cc2ccccc2C1)OCc1ccccc1. The van der Waals surface area contributed by atoms with Gasteiger partial charge in [0, 0.05) is 12.5 Å². The quantitative estimate of drug-likeness (QED) is 0.836. The van der Waals surface area contributed by atoms with E-state index >= 15 is 0 Å². The van der Waals surface area contributed by atoms with Crippen LogP contribution in [-0.4, -0.2) is 18.4 Å². The van der Waals surface area contributed by atoms with Crippen LogP contribution in [0.1, 0.15) is 36.5 Å². The van der Waals surface area contributed by atoms with Gasteiger partial charge in [-0.1, -0.05) is 61.5 Å². The molecule has 4 nitrogen and oxygen atoms in total. The minimum absolute atomic E-state index is 0.149. The maximum absolute atomic E-state index is 11.8. The predicted octanol–water partition coefficient (Wildman–Crippen LogP) is 4.07. The van der Waals surface area contributed by atoms with Crippen LogP contribution in [-0.2, 0) is 29.0 Å². The van der Waals surface area contributed by atoms with Gasteiger partial charge < -0.3 is 14.8 Å². The number of amides is 1. The van der Waals surface area contributed by atoms with Crippen molar-refractivity contribution in [2.45, 2.75) is 45.3 Å². The molecule has 0 heterocycles. The normalized spacial score (nSPS) is 12.5. The molecule has 2 aromatic carbocycles. The first-order valence-electron chi connectivity index (χ1n) is 8.70. The molecule has 25 heavy (non-hydrogen) atoms. The Bertz CT molecular complexity index is 645. The molecule has 0 saturated carbocycles. The van der Waals surface area contributed by atoms with Gasteiger partial charge in [0.05, 0.1) is 0 Å². The fraction of sp³-hybridized carbons (Fsp3) is 0.333. The van der Waals surface area contributed by atoms with E-state index in [2.05, 4.69) is 17.4 Å². The standard InChI is InChI=1S/C17H17NO2.C4H8O/c19-17(20-12-13-6-2-1-3-7-13)18-16-10-14-8-4-5-9-15(14)11-16;1-2-3-4-5/h1-9,16H,10-12H2,(H,18,19);4H,2-3H2,1H3. The van der Waals surface area contributed by atoms with Crippen LogP contribution in [0.3, 0.4) is 0 Å². The lowest BCUT2D eigenvalue weighted by Gasteiger charge is -2.12. The van der Waals surface area contributed by atoms with Gasteiger partial charge in [0.2, 0.25) is 0 Å². The number of unbranched alkanes of at least 4 members (excludes halogenated alkanes) is 1. The first kappa shape index (κ1) is 18.7. The van der Waals surface area contributed by atoms with Crippen LogP contribution in [0, 0.1) is 0 Å². The van der Waals surface area contributed by atoms with Gasteiger partial charge in [-0.05, 0) is 36.0 Å². The molecule has 1 aliphatic rings. The summed E-state index contributed by atoms with van der Waals surface area (Å²) in [5.74, 6) is 0. The average molecular weight is 339 g/mol.